The number of hydrogen-bond donors (Lipinski definition) is 1. The molecule has 1 atom stereocenters. The number of aryl methyl sites for hydroxylation is 1. The Morgan fingerprint density at radius 1 is 1.14 bits per heavy atom. The second-order valence-corrected chi connectivity index (χ2v) is 9.64. The van der Waals surface area contributed by atoms with Gasteiger partial charge in [0.15, 0.2) is 5.69 Å². The highest BCUT2D eigenvalue weighted by molar-refractivity contribution is 7.93. The summed E-state index contributed by atoms with van der Waals surface area (Å²) in [6.45, 7) is 0.541. The molecule has 0 aliphatic heterocycles. The van der Waals surface area contributed by atoms with Crippen molar-refractivity contribution in [3.05, 3.63) is 65.4 Å². The van der Waals surface area contributed by atoms with E-state index in [1.165, 1.54) is 49.7 Å². The van der Waals surface area contributed by atoms with Crippen LogP contribution < -0.4 is 14.8 Å². The van der Waals surface area contributed by atoms with E-state index in [2.05, 4.69) is 19.9 Å². The molecule has 1 amide bonds. The van der Waals surface area contributed by atoms with Gasteiger partial charge in [0, 0.05) is 23.9 Å². The van der Waals surface area contributed by atoms with E-state index in [-0.39, 0.29) is 17.2 Å². The van der Waals surface area contributed by atoms with E-state index in [4.69, 9.17) is 9.47 Å². The van der Waals surface area contributed by atoms with Gasteiger partial charge in [0.1, 0.15) is 17.1 Å². The van der Waals surface area contributed by atoms with Crippen molar-refractivity contribution in [1.29, 1.82) is 0 Å². The van der Waals surface area contributed by atoms with E-state index in [0.717, 1.165) is 0 Å². The van der Waals surface area contributed by atoms with Crippen molar-refractivity contribution in [2.45, 2.75) is 18.0 Å². The highest BCUT2D eigenvalue weighted by atomic mass is 32.2. The second kappa shape index (κ2) is 10.3. The predicted molar refractivity (Wildman–Crippen MR) is 120 cm³/mol. The fourth-order valence-electron chi connectivity index (χ4n) is 2.86. The van der Waals surface area contributed by atoms with Gasteiger partial charge in [0.25, 0.3) is 11.8 Å². The molecule has 0 aliphatic carbocycles. The van der Waals surface area contributed by atoms with Crippen LogP contribution in [0.1, 0.15) is 21.6 Å². The van der Waals surface area contributed by atoms with Crippen LogP contribution in [0.2, 0.25) is 0 Å². The second-order valence-electron chi connectivity index (χ2n) is 7.20. The number of nitrogens with one attached hydrogen (secondary N) is 1. The lowest BCUT2D eigenvalue weighted by Crippen LogP contribution is -2.18. The molecule has 35 heavy (non-hydrogen) atoms. The molecule has 0 radical (unpaired) electrons. The number of aromatic nitrogens is 2. The standard InChI is InChI=1S/C22H20F4N4O4S/c1-13-9-15(33-12-23)7-8-18(13)34-21-17(11-19(29-30-21)22(24,25)26)20(31)28-14-5-4-6-16(10-14)35(3,32)27-2/h4-11H,12H2,1-3H3,(H,28,31). The molecule has 0 bridgehead atoms. The zero-order valence-electron chi connectivity index (χ0n) is 18.7. The molecule has 1 aromatic heterocycles. The van der Waals surface area contributed by atoms with E-state index in [1.807, 2.05) is 0 Å². The summed E-state index contributed by atoms with van der Waals surface area (Å²) in [4.78, 5) is 13.3. The number of nitrogens with zero attached hydrogens (tertiary/aromatic N) is 3. The lowest BCUT2D eigenvalue weighted by atomic mass is 10.2. The van der Waals surface area contributed by atoms with Gasteiger partial charge in [-0.05, 0) is 55.0 Å². The summed E-state index contributed by atoms with van der Waals surface area (Å²) < 4.78 is 78.8. The van der Waals surface area contributed by atoms with Crippen molar-refractivity contribution >= 4 is 21.3 Å². The third-order valence-corrected chi connectivity index (χ3v) is 6.57. The molecule has 1 N–H and O–H groups in total. The molecule has 1 heterocycles. The van der Waals surface area contributed by atoms with Gasteiger partial charge in [-0.2, -0.15) is 13.2 Å². The normalized spacial score (nSPS) is 13.0. The average molecular weight is 512 g/mol. The third kappa shape index (κ3) is 6.23. The first-order valence-corrected chi connectivity index (χ1v) is 11.8. The summed E-state index contributed by atoms with van der Waals surface area (Å²) in [6, 6.07) is 10.7. The number of amides is 1. The van der Waals surface area contributed by atoms with Crippen LogP contribution in [0.4, 0.5) is 23.2 Å². The Balaban J connectivity index is 1.99. The third-order valence-electron chi connectivity index (χ3n) is 4.75. The zero-order chi connectivity index (χ0) is 25.8. The van der Waals surface area contributed by atoms with Crippen molar-refractivity contribution in [2.24, 2.45) is 4.36 Å². The summed E-state index contributed by atoms with van der Waals surface area (Å²) in [5, 5.41) is 9.05. The molecular formula is C22H20F4N4O4S. The smallest absolute Gasteiger partial charge is 0.435 e. The fraction of sp³-hybridized carbons (Fsp3) is 0.227. The first-order valence-electron chi connectivity index (χ1n) is 9.88. The minimum absolute atomic E-state index is 0.136. The molecule has 0 saturated heterocycles. The van der Waals surface area contributed by atoms with Gasteiger partial charge in [-0.15, -0.1) is 10.2 Å². The summed E-state index contributed by atoms with van der Waals surface area (Å²) in [5.74, 6) is -1.11. The first-order chi connectivity index (χ1) is 16.4. The Labute approximate surface area is 198 Å². The minimum atomic E-state index is -4.86. The quantitative estimate of drug-likeness (QED) is 0.435. The van der Waals surface area contributed by atoms with Crippen LogP contribution >= 0.6 is 0 Å². The van der Waals surface area contributed by atoms with Crippen LogP contribution in [-0.2, 0) is 15.9 Å². The van der Waals surface area contributed by atoms with Crippen LogP contribution in [0.15, 0.2) is 57.8 Å². The Morgan fingerprint density at radius 3 is 2.51 bits per heavy atom. The van der Waals surface area contributed by atoms with Gasteiger partial charge in [-0.1, -0.05) is 6.07 Å². The largest absolute Gasteiger partial charge is 0.463 e. The minimum Gasteiger partial charge on any atom is -0.463 e. The van der Waals surface area contributed by atoms with Crippen molar-refractivity contribution < 1.29 is 36.0 Å². The van der Waals surface area contributed by atoms with Crippen molar-refractivity contribution in [2.75, 3.05) is 25.5 Å². The Kier molecular flexibility index (Phi) is 7.58. The summed E-state index contributed by atoms with van der Waals surface area (Å²) in [7, 11) is -1.33. The highest BCUT2D eigenvalue weighted by Gasteiger charge is 2.35. The van der Waals surface area contributed by atoms with Crippen LogP contribution in [0, 0.1) is 6.92 Å². The number of alkyl halides is 4. The van der Waals surface area contributed by atoms with E-state index in [1.54, 1.807) is 13.0 Å². The Morgan fingerprint density at radius 2 is 1.89 bits per heavy atom. The van der Waals surface area contributed by atoms with E-state index in [0.29, 0.717) is 16.5 Å². The molecular weight excluding hydrogens is 492 g/mol. The molecule has 0 aliphatic rings. The molecule has 0 spiro atoms. The molecule has 3 rings (SSSR count). The lowest BCUT2D eigenvalue weighted by Gasteiger charge is -2.14. The number of hydrogen-bond acceptors (Lipinski definition) is 7. The number of rotatable bonds is 7. The van der Waals surface area contributed by atoms with Gasteiger partial charge in [-0.3, -0.25) is 4.79 Å². The highest BCUT2D eigenvalue weighted by Crippen LogP contribution is 2.33. The van der Waals surface area contributed by atoms with E-state index < -0.39 is 45.8 Å². The summed E-state index contributed by atoms with van der Waals surface area (Å²) in [6.07, 6.45) is -3.45. The van der Waals surface area contributed by atoms with Gasteiger partial charge in [0.2, 0.25) is 6.86 Å². The number of halogens is 4. The van der Waals surface area contributed by atoms with Crippen molar-refractivity contribution in [3.8, 4) is 17.4 Å². The van der Waals surface area contributed by atoms with Crippen LogP contribution in [0.5, 0.6) is 17.4 Å². The van der Waals surface area contributed by atoms with Gasteiger partial charge in [-0.25, -0.2) is 13.0 Å². The average Bonchev–Trinajstić information content (AvgIpc) is 2.80. The maximum atomic E-state index is 13.3. The maximum Gasteiger partial charge on any atom is 0.435 e. The van der Waals surface area contributed by atoms with Crippen LogP contribution in [0.25, 0.3) is 0 Å². The van der Waals surface area contributed by atoms with Crippen molar-refractivity contribution in [3.63, 3.8) is 0 Å². The molecule has 1 unspecified atom stereocenters. The molecule has 186 valence electrons. The lowest BCUT2D eigenvalue weighted by molar-refractivity contribution is -0.141. The Hall–Kier alpha value is -3.74. The van der Waals surface area contributed by atoms with E-state index in [9.17, 15) is 26.6 Å². The maximum absolute atomic E-state index is 13.3. The van der Waals surface area contributed by atoms with Gasteiger partial charge in [0.05, 0.1) is 9.73 Å². The predicted octanol–water partition coefficient (Wildman–Crippen LogP) is 5.24. The molecule has 8 nitrogen and oxygen atoms in total. The van der Waals surface area contributed by atoms with E-state index >= 15 is 0 Å². The number of benzene rings is 2. The number of carbonyl (C=O) groups is 1. The molecule has 3 aromatic rings. The van der Waals surface area contributed by atoms with Crippen LogP contribution in [0.3, 0.4) is 0 Å². The number of ether oxygens (including phenoxy) is 2. The summed E-state index contributed by atoms with van der Waals surface area (Å²) in [5.41, 5.74) is -1.32. The van der Waals surface area contributed by atoms with Crippen molar-refractivity contribution in [1.82, 2.24) is 10.2 Å². The fourth-order valence-corrected chi connectivity index (χ4v) is 3.75. The SMILES string of the molecule is CN=S(C)(=O)c1cccc(NC(=O)c2cc(C(F)(F)F)nnc2Oc2ccc(OCF)cc2C)c1. The number of carbonyl (C=O) groups excluding carboxylic acids is 1. The van der Waals surface area contributed by atoms with Crippen LogP contribution in [-0.4, -0.2) is 40.5 Å². The molecule has 0 saturated carbocycles. The molecule has 13 heteroatoms. The molecule has 0 fully saturated rings. The Bertz CT molecular complexity index is 1370. The molecule has 2 aromatic carbocycles. The zero-order valence-corrected chi connectivity index (χ0v) is 19.5. The number of anilines is 1. The van der Waals surface area contributed by atoms with Gasteiger partial charge < -0.3 is 14.8 Å². The summed E-state index contributed by atoms with van der Waals surface area (Å²) >= 11 is 0. The topological polar surface area (TPSA) is 103 Å². The monoisotopic (exact) mass is 512 g/mol. The first kappa shape index (κ1) is 25.9. The van der Waals surface area contributed by atoms with Gasteiger partial charge >= 0.3 is 6.18 Å².